The average molecular weight is 536 g/mol. The predicted octanol–water partition coefficient (Wildman–Crippen LogP) is 1.33. The summed E-state index contributed by atoms with van der Waals surface area (Å²) in [6.45, 7) is 4.95. The summed E-state index contributed by atoms with van der Waals surface area (Å²) in [4.78, 5) is 34.2. The van der Waals surface area contributed by atoms with Crippen molar-refractivity contribution in [2.45, 2.75) is 19.6 Å². The number of aromatic amines is 1. The SMILES string of the molecule is COc1ccc(N2CCN(Nc3nc4c(c(=O)[nH]c(=O)n4C)n3CC(O)COc3ccc(C)cc3)CC2)cc1. The van der Waals surface area contributed by atoms with Gasteiger partial charge in [0, 0.05) is 38.9 Å². The summed E-state index contributed by atoms with van der Waals surface area (Å²) in [5.74, 6) is 1.82. The molecule has 4 aromatic rings. The molecule has 1 atom stereocenters. The van der Waals surface area contributed by atoms with Crippen molar-refractivity contribution in [2.75, 3.05) is 50.2 Å². The third kappa shape index (κ3) is 5.76. The van der Waals surface area contributed by atoms with Gasteiger partial charge in [-0.2, -0.15) is 4.98 Å². The van der Waals surface area contributed by atoms with Crippen molar-refractivity contribution < 1.29 is 14.6 Å². The van der Waals surface area contributed by atoms with Crippen LogP contribution in [0.2, 0.25) is 0 Å². The fourth-order valence-electron chi connectivity index (χ4n) is 4.60. The maximum atomic E-state index is 12.8. The van der Waals surface area contributed by atoms with Gasteiger partial charge in [-0.1, -0.05) is 17.7 Å². The van der Waals surface area contributed by atoms with E-state index in [1.54, 1.807) is 18.7 Å². The zero-order chi connectivity index (χ0) is 27.5. The van der Waals surface area contributed by atoms with Gasteiger partial charge in [-0.05, 0) is 43.3 Å². The van der Waals surface area contributed by atoms with E-state index in [2.05, 4.69) is 20.3 Å². The van der Waals surface area contributed by atoms with Crippen LogP contribution in [0.15, 0.2) is 58.1 Å². The molecule has 0 radical (unpaired) electrons. The van der Waals surface area contributed by atoms with E-state index in [9.17, 15) is 14.7 Å². The molecule has 1 saturated heterocycles. The Hall–Kier alpha value is -4.29. The van der Waals surface area contributed by atoms with Gasteiger partial charge in [0.1, 0.15) is 24.2 Å². The van der Waals surface area contributed by atoms with Gasteiger partial charge in [-0.3, -0.25) is 19.8 Å². The number of ether oxygens (including phenoxy) is 2. The molecular weight excluding hydrogens is 502 g/mol. The number of hydrazine groups is 1. The molecule has 0 bridgehead atoms. The number of hydrogen-bond donors (Lipinski definition) is 3. The summed E-state index contributed by atoms with van der Waals surface area (Å²) < 4.78 is 13.9. The van der Waals surface area contributed by atoms with E-state index in [1.165, 1.54) is 4.57 Å². The van der Waals surface area contributed by atoms with E-state index in [0.29, 0.717) is 24.8 Å². The Bertz CT molecular complexity index is 1530. The summed E-state index contributed by atoms with van der Waals surface area (Å²) >= 11 is 0. The molecule has 5 rings (SSSR count). The molecule has 2 aromatic carbocycles. The number of aliphatic hydroxyl groups is 1. The number of nitrogens with zero attached hydrogens (tertiary/aromatic N) is 5. The molecule has 1 fully saturated rings. The first-order valence-electron chi connectivity index (χ1n) is 12.8. The number of H-pyrrole nitrogens is 1. The number of aliphatic hydroxyl groups excluding tert-OH is 1. The highest BCUT2D eigenvalue weighted by molar-refractivity contribution is 5.74. The van der Waals surface area contributed by atoms with E-state index in [1.807, 2.05) is 60.5 Å². The molecule has 0 spiro atoms. The Morgan fingerprint density at radius 1 is 1.03 bits per heavy atom. The molecule has 12 heteroatoms. The molecular formula is C27H33N7O5. The number of nitrogens with one attached hydrogen (secondary N) is 2. The number of methoxy groups -OCH3 is 1. The van der Waals surface area contributed by atoms with Gasteiger partial charge in [-0.25, -0.2) is 9.80 Å². The van der Waals surface area contributed by atoms with Crippen LogP contribution in [-0.4, -0.2) is 75.2 Å². The van der Waals surface area contributed by atoms with E-state index >= 15 is 0 Å². The molecule has 12 nitrogen and oxygen atoms in total. The van der Waals surface area contributed by atoms with Gasteiger partial charge >= 0.3 is 5.69 Å². The van der Waals surface area contributed by atoms with Gasteiger partial charge < -0.3 is 24.0 Å². The van der Waals surface area contributed by atoms with Crippen LogP contribution in [0.4, 0.5) is 11.6 Å². The van der Waals surface area contributed by atoms with Crippen LogP contribution in [0, 0.1) is 6.92 Å². The predicted molar refractivity (Wildman–Crippen MR) is 149 cm³/mol. The highest BCUT2D eigenvalue weighted by atomic mass is 16.5. The van der Waals surface area contributed by atoms with E-state index < -0.39 is 17.4 Å². The second-order valence-corrected chi connectivity index (χ2v) is 9.60. The lowest BCUT2D eigenvalue weighted by atomic mass is 10.2. The van der Waals surface area contributed by atoms with Gasteiger partial charge in [0.2, 0.25) is 5.95 Å². The van der Waals surface area contributed by atoms with Crippen molar-refractivity contribution in [1.82, 2.24) is 24.1 Å². The quantitative estimate of drug-likeness (QED) is 0.291. The lowest BCUT2D eigenvalue weighted by Crippen LogP contribution is -2.49. The third-order valence-electron chi connectivity index (χ3n) is 6.84. The second-order valence-electron chi connectivity index (χ2n) is 9.60. The number of hydrogen-bond acceptors (Lipinski definition) is 9. The van der Waals surface area contributed by atoms with Crippen molar-refractivity contribution in [3.63, 3.8) is 0 Å². The molecule has 1 aliphatic heterocycles. The van der Waals surface area contributed by atoms with E-state index in [-0.39, 0.29) is 24.3 Å². The van der Waals surface area contributed by atoms with Crippen molar-refractivity contribution in [1.29, 1.82) is 0 Å². The normalized spacial score (nSPS) is 14.9. The number of aryl methyl sites for hydroxylation is 2. The maximum absolute atomic E-state index is 12.8. The zero-order valence-corrected chi connectivity index (χ0v) is 22.3. The molecule has 206 valence electrons. The Kier molecular flexibility index (Phi) is 7.57. The monoisotopic (exact) mass is 535 g/mol. The van der Waals surface area contributed by atoms with E-state index in [0.717, 1.165) is 30.1 Å². The maximum Gasteiger partial charge on any atom is 0.329 e. The van der Waals surface area contributed by atoms with Crippen LogP contribution in [-0.2, 0) is 13.6 Å². The Morgan fingerprint density at radius 2 is 1.69 bits per heavy atom. The first-order valence-corrected chi connectivity index (χ1v) is 12.8. The fourth-order valence-corrected chi connectivity index (χ4v) is 4.60. The average Bonchev–Trinajstić information content (AvgIpc) is 3.30. The Morgan fingerprint density at radius 3 is 2.36 bits per heavy atom. The first-order chi connectivity index (χ1) is 18.8. The van der Waals surface area contributed by atoms with Crippen LogP contribution >= 0.6 is 0 Å². The highest BCUT2D eigenvalue weighted by Gasteiger charge is 2.23. The largest absolute Gasteiger partial charge is 0.497 e. The van der Waals surface area contributed by atoms with Gasteiger partial charge in [0.05, 0.1) is 13.7 Å². The summed E-state index contributed by atoms with van der Waals surface area (Å²) in [5, 5.41) is 12.8. The summed E-state index contributed by atoms with van der Waals surface area (Å²) in [6, 6.07) is 15.5. The highest BCUT2D eigenvalue weighted by Crippen LogP contribution is 2.22. The number of piperazine rings is 1. The molecule has 0 saturated carbocycles. The summed E-state index contributed by atoms with van der Waals surface area (Å²) in [7, 11) is 3.20. The van der Waals surface area contributed by atoms with Crippen molar-refractivity contribution >= 4 is 22.8 Å². The van der Waals surface area contributed by atoms with Crippen molar-refractivity contribution in [3.05, 3.63) is 74.9 Å². The van der Waals surface area contributed by atoms with Crippen LogP contribution in [0.25, 0.3) is 11.2 Å². The lowest BCUT2D eigenvalue weighted by molar-refractivity contribution is 0.0935. The molecule has 3 heterocycles. The van der Waals surface area contributed by atoms with Crippen LogP contribution in [0.3, 0.4) is 0 Å². The van der Waals surface area contributed by atoms with Crippen molar-refractivity contribution in [3.8, 4) is 11.5 Å². The van der Waals surface area contributed by atoms with Crippen LogP contribution < -0.4 is 31.0 Å². The number of imidazole rings is 1. The number of rotatable bonds is 9. The third-order valence-corrected chi connectivity index (χ3v) is 6.84. The van der Waals surface area contributed by atoms with Gasteiger partial charge in [0.25, 0.3) is 5.56 Å². The molecule has 2 aromatic heterocycles. The first kappa shape index (κ1) is 26.3. The molecule has 3 N–H and O–H groups in total. The second kappa shape index (κ2) is 11.2. The minimum absolute atomic E-state index is 0.0202. The summed E-state index contributed by atoms with van der Waals surface area (Å²) in [5.41, 5.74) is 4.84. The number of fused-ring (bicyclic) bond motifs is 1. The fraction of sp³-hybridized carbons (Fsp3) is 0.370. The Balaban J connectivity index is 1.33. The smallest absolute Gasteiger partial charge is 0.329 e. The number of anilines is 2. The van der Waals surface area contributed by atoms with Crippen molar-refractivity contribution in [2.24, 2.45) is 7.05 Å². The van der Waals surface area contributed by atoms with Gasteiger partial charge in [-0.15, -0.1) is 0 Å². The standard InChI is InChI=1S/C27H33N7O5/c1-18-4-8-22(9-5-18)39-17-20(35)16-34-23-24(31(2)27(37)29-25(23)36)28-26(34)30-33-14-12-32(13-15-33)19-6-10-21(38-3)11-7-19/h4-11,20,35H,12-17H2,1-3H3,(H,28,30)(H,29,36,37). The van der Waals surface area contributed by atoms with E-state index in [4.69, 9.17) is 9.47 Å². The van der Waals surface area contributed by atoms with Crippen LogP contribution in [0.1, 0.15) is 5.56 Å². The molecule has 1 aliphatic rings. The number of aromatic nitrogens is 4. The molecule has 39 heavy (non-hydrogen) atoms. The molecule has 1 unspecified atom stereocenters. The lowest BCUT2D eigenvalue weighted by Gasteiger charge is -2.36. The minimum atomic E-state index is -0.937. The van der Waals surface area contributed by atoms with Crippen LogP contribution in [0.5, 0.6) is 11.5 Å². The zero-order valence-electron chi connectivity index (χ0n) is 22.3. The topological polar surface area (TPSA) is 130 Å². The van der Waals surface area contributed by atoms with Gasteiger partial charge in [0.15, 0.2) is 11.2 Å². The molecule has 0 aliphatic carbocycles. The Labute approximate surface area is 225 Å². The minimum Gasteiger partial charge on any atom is -0.497 e. The summed E-state index contributed by atoms with van der Waals surface area (Å²) in [6.07, 6.45) is -0.937. The molecule has 0 amide bonds. The number of benzene rings is 2.